The molecular formula is C17H24O4. The molecule has 0 unspecified atom stereocenters. The van der Waals surface area contributed by atoms with Crippen molar-refractivity contribution in [2.75, 3.05) is 6.61 Å². The number of benzene rings is 1. The second-order valence-corrected chi connectivity index (χ2v) is 5.73. The van der Waals surface area contributed by atoms with Crippen LogP contribution in [0.3, 0.4) is 0 Å². The SMILES string of the molecule is Cc1cc(C)cc(OC(=O)CCCC(=O)OCC(C)C)c1. The molecule has 0 aliphatic heterocycles. The molecule has 1 rings (SSSR count). The summed E-state index contributed by atoms with van der Waals surface area (Å²) in [6.45, 7) is 8.29. The van der Waals surface area contributed by atoms with Crippen LogP contribution in [0.5, 0.6) is 5.75 Å². The first-order valence-corrected chi connectivity index (χ1v) is 7.31. The first-order valence-electron chi connectivity index (χ1n) is 7.31. The van der Waals surface area contributed by atoms with E-state index in [4.69, 9.17) is 9.47 Å². The van der Waals surface area contributed by atoms with Gasteiger partial charge >= 0.3 is 11.9 Å². The first-order chi connectivity index (χ1) is 9.86. The van der Waals surface area contributed by atoms with Crippen molar-refractivity contribution in [3.8, 4) is 5.75 Å². The lowest BCUT2D eigenvalue weighted by Gasteiger charge is -2.08. The molecule has 1 aromatic carbocycles. The van der Waals surface area contributed by atoms with Gasteiger partial charge in [-0.15, -0.1) is 0 Å². The summed E-state index contributed by atoms with van der Waals surface area (Å²) in [7, 11) is 0. The zero-order chi connectivity index (χ0) is 15.8. The van der Waals surface area contributed by atoms with Crippen molar-refractivity contribution in [1.82, 2.24) is 0 Å². The number of rotatable bonds is 7. The van der Waals surface area contributed by atoms with Crippen molar-refractivity contribution in [3.63, 3.8) is 0 Å². The first kappa shape index (κ1) is 17.2. The molecule has 0 aliphatic carbocycles. The van der Waals surface area contributed by atoms with E-state index in [9.17, 15) is 9.59 Å². The molecule has 0 spiro atoms. The van der Waals surface area contributed by atoms with Gasteiger partial charge in [0.15, 0.2) is 0 Å². The van der Waals surface area contributed by atoms with Gasteiger partial charge in [-0.1, -0.05) is 19.9 Å². The Balaban J connectivity index is 2.29. The summed E-state index contributed by atoms with van der Waals surface area (Å²) in [6.07, 6.45) is 0.902. The molecule has 0 saturated carbocycles. The van der Waals surface area contributed by atoms with Crippen LogP contribution in [0.15, 0.2) is 18.2 Å². The highest BCUT2D eigenvalue weighted by atomic mass is 16.5. The van der Waals surface area contributed by atoms with Crippen molar-refractivity contribution >= 4 is 11.9 Å². The Morgan fingerprint density at radius 3 is 2.14 bits per heavy atom. The number of ether oxygens (including phenoxy) is 2. The number of hydrogen-bond donors (Lipinski definition) is 0. The maximum atomic E-state index is 11.7. The van der Waals surface area contributed by atoms with Crippen LogP contribution in [-0.4, -0.2) is 18.5 Å². The fraction of sp³-hybridized carbons (Fsp3) is 0.529. The number of hydrogen-bond acceptors (Lipinski definition) is 4. The summed E-state index contributed by atoms with van der Waals surface area (Å²) in [5, 5.41) is 0. The zero-order valence-electron chi connectivity index (χ0n) is 13.3. The lowest BCUT2D eigenvalue weighted by Crippen LogP contribution is -2.12. The molecule has 0 aliphatic rings. The number of aryl methyl sites for hydroxylation is 2. The van der Waals surface area contributed by atoms with Crippen molar-refractivity contribution in [2.45, 2.75) is 47.0 Å². The summed E-state index contributed by atoms with van der Waals surface area (Å²) in [5.41, 5.74) is 2.10. The van der Waals surface area contributed by atoms with Crippen LogP contribution in [0.25, 0.3) is 0 Å². The zero-order valence-corrected chi connectivity index (χ0v) is 13.3. The molecule has 0 heterocycles. The van der Waals surface area contributed by atoms with Gasteiger partial charge in [-0.3, -0.25) is 9.59 Å². The molecule has 4 nitrogen and oxygen atoms in total. The van der Waals surface area contributed by atoms with Crippen molar-refractivity contribution < 1.29 is 19.1 Å². The van der Waals surface area contributed by atoms with Crippen LogP contribution in [0.2, 0.25) is 0 Å². The Morgan fingerprint density at radius 2 is 1.57 bits per heavy atom. The van der Waals surface area contributed by atoms with Crippen molar-refractivity contribution in [3.05, 3.63) is 29.3 Å². The smallest absolute Gasteiger partial charge is 0.311 e. The van der Waals surface area contributed by atoms with Gasteiger partial charge in [0.2, 0.25) is 0 Å². The summed E-state index contributed by atoms with van der Waals surface area (Å²) < 4.78 is 10.3. The van der Waals surface area contributed by atoms with Crippen LogP contribution >= 0.6 is 0 Å². The molecular weight excluding hydrogens is 268 g/mol. The summed E-state index contributed by atoms with van der Waals surface area (Å²) >= 11 is 0. The standard InChI is InChI=1S/C17H24O4/c1-12(2)11-20-16(18)6-5-7-17(19)21-15-9-13(3)8-14(4)10-15/h8-10,12H,5-7,11H2,1-4H3. The Morgan fingerprint density at radius 1 is 1.00 bits per heavy atom. The average molecular weight is 292 g/mol. The van der Waals surface area contributed by atoms with E-state index in [-0.39, 0.29) is 24.8 Å². The van der Waals surface area contributed by atoms with Gasteiger partial charge in [-0.05, 0) is 49.4 Å². The lowest BCUT2D eigenvalue weighted by molar-refractivity contribution is -0.145. The summed E-state index contributed by atoms with van der Waals surface area (Å²) in [6, 6.07) is 5.66. The van der Waals surface area contributed by atoms with Gasteiger partial charge in [0.25, 0.3) is 0 Å². The summed E-state index contributed by atoms with van der Waals surface area (Å²) in [5.74, 6) is 0.294. The molecule has 21 heavy (non-hydrogen) atoms. The lowest BCUT2D eigenvalue weighted by atomic mass is 10.1. The largest absolute Gasteiger partial charge is 0.465 e. The van der Waals surface area contributed by atoms with E-state index in [2.05, 4.69) is 0 Å². The van der Waals surface area contributed by atoms with Gasteiger partial charge in [-0.2, -0.15) is 0 Å². The predicted octanol–water partition coefficient (Wildman–Crippen LogP) is 3.58. The third kappa shape index (κ3) is 7.49. The second-order valence-electron chi connectivity index (χ2n) is 5.73. The van der Waals surface area contributed by atoms with Crippen molar-refractivity contribution in [2.24, 2.45) is 5.92 Å². The Labute approximate surface area is 126 Å². The fourth-order valence-electron chi connectivity index (χ4n) is 1.88. The normalized spacial score (nSPS) is 10.5. The van der Waals surface area contributed by atoms with E-state index in [0.29, 0.717) is 24.7 Å². The van der Waals surface area contributed by atoms with E-state index in [1.807, 2.05) is 45.9 Å². The minimum atomic E-state index is -0.323. The highest BCUT2D eigenvalue weighted by Crippen LogP contribution is 2.17. The van der Waals surface area contributed by atoms with E-state index < -0.39 is 0 Å². The molecule has 0 radical (unpaired) electrons. The predicted molar refractivity (Wildman–Crippen MR) is 81.2 cm³/mol. The number of esters is 2. The maximum absolute atomic E-state index is 11.7. The van der Waals surface area contributed by atoms with E-state index >= 15 is 0 Å². The molecule has 0 fully saturated rings. The van der Waals surface area contributed by atoms with Crippen LogP contribution in [0, 0.1) is 19.8 Å². The molecule has 0 N–H and O–H groups in total. The molecule has 4 heteroatoms. The topological polar surface area (TPSA) is 52.6 Å². The fourth-order valence-corrected chi connectivity index (χ4v) is 1.88. The molecule has 0 saturated heterocycles. The molecule has 0 bridgehead atoms. The monoisotopic (exact) mass is 292 g/mol. The average Bonchev–Trinajstić information content (AvgIpc) is 2.34. The van der Waals surface area contributed by atoms with Crippen LogP contribution in [-0.2, 0) is 14.3 Å². The number of carbonyl (C=O) groups excluding carboxylic acids is 2. The second kappa shape index (κ2) is 8.45. The molecule has 0 amide bonds. The van der Waals surface area contributed by atoms with Crippen LogP contribution in [0.4, 0.5) is 0 Å². The minimum absolute atomic E-state index is 0.212. The Kier molecular flexibility index (Phi) is 6.92. The van der Waals surface area contributed by atoms with Gasteiger partial charge in [0, 0.05) is 12.8 Å². The quantitative estimate of drug-likeness (QED) is 0.569. The summed E-state index contributed by atoms with van der Waals surface area (Å²) in [4.78, 5) is 23.1. The van der Waals surface area contributed by atoms with Crippen LogP contribution in [0.1, 0.15) is 44.2 Å². The maximum Gasteiger partial charge on any atom is 0.311 e. The van der Waals surface area contributed by atoms with Crippen molar-refractivity contribution in [1.29, 1.82) is 0 Å². The van der Waals surface area contributed by atoms with Gasteiger partial charge in [0.1, 0.15) is 5.75 Å². The van der Waals surface area contributed by atoms with Gasteiger partial charge < -0.3 is 9.47 Å². The Bertz CT molecular complexity index is 471. The highest BCUT2D eigenvalue weighted by molar-refractivity contribution is 5.74. The van der Waals surface area contributed by atoms with Gasteiger partial charge in [0.05, 0.1) is 6.61 Å². The highest BCUT2D eigenvalue weighted by Gasteiger charge is 2.09. The minimum Gasteiger partial charge on any atom is -0.465 e. The van der Waals surface area contributed by atoms with E-state index in [1.165, 1.54) is 0 Å². The molecule has 116 valence electrons. The third-order valence-electron chi connectivity index (χ3n) is 2.77. The van der Waals surface area contributed by atoms with Crippen LogP contribution < -0.4 is 4.74 Å². The third-order valence-corrected chi connectivity index (χ3v) is 2.77. The molecule has 1 aromatic rings. The van der Waals surface area contributed by atoms with E-state index in [1.54, 1.807) is 0 Å². The Hall–Kier alpha value is -1.84. The molecule has 0 aromatic heterocycles. The van der Waals surface area contributed by atoms with E-state index in [0.717, 1.165) is 11.1 Å². The number of carbonyl (C=O) groups is 2. The van der Waals surface area contributed by atoms with Gasteiger partial charge in [-0.25, -0.2) is 0 Å². The molecule has 0 atom stereocenters.